The quantitative estimate of drug-likeness (QED) is 0.617. The number of piperidine rings is 1. The molecule has 1 aliphatic heterocycles. The molecule has 0 bridgehead atoms. The van der Waals surface area contributed by atoms with Crippen LogP contribution in [0.3, 0.4) is 0 Å². The smallest absolute Gasteiger partial charge is 0.193 e. The summed E-state index contributed by atoms with van der Waals surface area (Å²) in [6.07, 6.45) is 3.67. The molecule has 0 aliphatic carbocycles. The number of ether oxygens (including phenoxy) is 1. The summed E-state index contributed by atoms with van der Waals surface area (Å²) in [6, 6.07) is 18.8. The fraction of sp³-hybridized carbons (Fsp3) is 0.381. The highest BCUT2D eigenvalue weighted by atomic mass is 16.5. The van der Waals surface area contributed by atoms with Crippen molar-refractivity contribution in [2.75, 3.05) is 25.5 Å². The van der Waals surface area contributed by atoms with E-state index in [4.69, 9.17) is 10.5 Å². The first kappa shape index (κ1) is 18.3. The molecule has 5 nitrogen and oxygen atoms in total. The van der Waals surface area contributed by atoms with Crippen molar-refractivity contribution in [3.63, 3.8) is 0 Å². The van der Waals surface area contributed by atoms with Gasteiger partial charge in [-0.05, 0) is 37.1 Å². The maximum Gasteiger partial charge on any atom is 0.193 e. The Balaban J connectivity index is 1.61. The van der Waals surface area contributed by atoms with Gasteiger partial charge < -0.3 is 15.8 Å². The Kier molecular flexibility index (Phi) is 6.50. The second-order valence-electron chi connectivity index (χ2n) is 6.66. The molecule has 3 N–H and O–H groups in total. The van der Waals surface area contributed by atoms with Crippen LogP contribution in [0.4, 0.5) is 5.69 Å². The maximum atomic E-state index is 6.11. The van der Waals surface area contributed by atoms with Gasteiger partial charge in [0, 0.05) is 12.6 Å². The van der Waals surface area contributed by atoms with Crippen LogP contribution in [-0.4, -0.2) is 37.1 Å². The molecule has 1 aliphatic rings. The van der Waals surface area contributed by atoms with Crippen LogP contribution < -0.4 is 15.8 Å². The van der Waals surface area contributed by atoms with Gasteiger partial charge in [-0.2, -0.15) is 0 Å². The zero-order valence-corrected chi connectivity index (χ0v) is 15.4. The molecule has 0 saturated carbocycles. The molecule has 1 heterocycles. The second-order valence-corrected chi connectivity index (χ2v) is 6.66. The van der Waals surface area contributed by atoms with Gasteiger partial charge in [0.1, 0.15) is 5.75 Å². The van der Waals surface area contributed by atoms with Crippen LogP contribution in [0.5, 0.6) is 5.75 Å². The number of rotatable bonds is 6. The SMILES string of the molecule is COc1ccccc1NC(N)=NCC1CCCCN1Cc1ccccc1. The van der Waals surface area contributed by atoms with Gasteiger partial charge in [0.05, 0.1) is 19.3 Å². The lowest BCUT2D eigenvalue weighted by Crippen LogP contribution is -2.41. The van der Waals surface area contributed by atoms with Crippen molar-refractivity contribution < 1.29 is 4.74 Å². The number of nitrogens with two attached hydrogens (primary N) is 1. The van der Waals surface area contributed by atoms with Crippen molar-refractivity contribution >= 4 is 11.6 Å². The Bertz CT molecular complexity index is 717. The van der Waals surface area contributed by atoms with Crippen LogP contribution >= 0.6 is 0 Å². The van der Waals surface area contributed by atoms with Gasteiger partial charge in [0.15, 0.2) is 5.96 Å². The van der Waals surface area contributed by atoms with E-state index in [1.807, 2.05) is 24.3 Å². The summed E-state index contributed by atoms with van der Waals surface area (Å²) in [5, 5.41) is 3.15. The van der Waals surface area contributed by atoms with E-state index >= 15 is 0 Å². The van der Waals surface area contributed by atoms with Crippen LogP contribution in [-0.2, 0) is 6.54 Å². The zero-order valence-electron chi connectivity index (χ0n) is 15.4. The lowest BCUT2D eigenvalue weighted by atomic mass is 10.0. The molecule has 2 aromatic carbocycles. The molecule has 3 rings (SSSR count). The third kappa shape index (κ3) is 4.99. The summed E-state index contributed by atoms with van der Waals surface area (Å²) in [4.78, 5) is 7.12. The highest BCUT2D eigenvalue weighted by Crippen LogP contribution is 2.23. The molecule has 5 heteroatoms. The summed E-state index contributed by atoms with van der Waals surface area (Å²) in [5.41, 5.74) is 8.29. The van der Waals surface area contributed by atoms with Gasteiger partial charge in [0.2, 0.25) is 0 Å². The normalized spacial score (nSPS) is 18.5. The van der Waals surface area contributed by atoms with E-state index in [-0.39, 0.29) is 0 Å². The maximum absolute atomic E-state index is 6.11. The third-order valence-corrected chi connectivity index (χ3v) is 4.82. The average Bonchev–Trinajstić information content (AvgIpc) is 2.68. The number of para-hydroxylation sites is 2. The van der Waals surface area contributed by atoms with Crippen molar-refractivity contribution in [3.05, 3.63) is 60.2 Å². The average molecular weight is 352 g/mol. The van der Waals surface area contributed by atoms with Gasteiger partial charge in [0.25, 0.3) is 0 Å². The van der Waals surface area contributed by atoms with E-state index in [2.05, 4.69) is 45.5 Å². The van der Waals surface area contributed by atoms with Gasteiger partial charge in [-0.1, -0.05) is 48.9 Å². The Morgan fingerprint density at radius 3 is 2.73 bits per heavy atom. The third-order valence-electron chi connectivity index (χ3n) is 4.82. The fourth-order valence-electron chi connectivity index (χ4n) is 3.42. The Morgan fingerprint density at radius 2 is 1.92 bits per heavy atom. The summed E-state index contributed by atoms with van der Waals surface area (Å²) in [7, 11) is 1.65. The summed E-state index contributed by atoms with van der Waals surface area (Å²) >= 11 is 0. The van der Waals surface area contributed by atoms with Crippen molar-refractivity contribution in [2.24, 2.45) is 10.7 Å². The van der Waals surface area contributed by atoms with Gasteiger partial charge in [-0.25, -0.2) is 0 Å². The zero-order chi connectivity index (χ0) is 18.2. The monoisotopic (exact) mass is 352 g/mol. The molecule has 1 saturated heterocycles. The van der Waals surface area contributed by atoms with E-state index in [0.717, 1.165) is 30.9 Å². The number of methoxy groups -OCH3 is 1. The van der Waals surface area contributed by atoms with Crippen LogP contribution in [0.2, 0.25) is 0 Å². The minimum Gasteiger partial charge on any atom is -0.495 e. The van der Waals surface area contributed by atoms with Crippen molar-refractivity contribution in [1.82, 2.24) is 4.90 Å². The van der Waals surface area contributed by atoms with E-state index < -0.39 is 0 Å². The Morgan fingerprint density at radius 1 is 1.15 bits per heavy atom. The molecule has 1 atom stereocenters. The van der Waals surface area contributed by atoms with Gasteiger partial charge in [-0.15, -0.1) is 0 Å². The first-order chi connectivity index (χ1) is 12.8. The van der Waals surface area contributed by atoms with Crippen LogP contribution in [0.25, 0.3) is 0 Å². The van der Waals surface area contributed by atoms with E-state index in [1.165, 1.54) is 18.4 Å². The number of likely N-dealkylation sites (tertiary alicyclic amines) is 1. The molecular weight excluding hydrogens is 324 g/mol. The number of anilines is 1. The number of guanidine groups is 1. The van der Waals surface area contributed by atoms with Crippen LogP contribution in [0.15, 0.2) is 59.6 Å². The minimum atomic E-state index is 0.430. The lowest BCUT2D eigenvalue weighted by Gasteiger charge is -2.35. The van der Waals surface area contributed by atoms with Crippen LogP contribution in [0.1, 0.15) is 24.8 Å². The number of aliphatic imine (C=N–C) groups is 1. The Hall–Kier alpha value is -2.53. The van der Waals surface area contributed by atoms with Crippen molar-refractivity contribution in [1.29, 1.82) is 0 Å². The fourth-order valence-corrected chi connectivity index (χ4v) is 3.42. The molecular formula is C21H28N4O. The summed E-state index contributed by atoms with van der Waals surface area (Å²) in [5.74, 6) is 1.19. The first-order valence-corrected chi connectivity index (χ1v) is 9.24. The van der Waals surface area contributed by atoms with E-state index in [9.17, 15) is 0 Å². The molecule has 0 amide bonds. The largest absolute Gasteiger partial charge is 0.495 e. The molecule has 1 fully saturated rings. The molecule has 0 spiro atoms. The van der Waals surface area contributed by atoms with Crippen LogP contribution in [0, 0.1) is 0 Å². The number of hydrogen-bond donors (Lipinski definition) is 2. The lowest BCUT2D eigenvalue weighted by molar-refractivity contribution is 0.145. The topological polar surface area (TPSA) is 62.9 Å². The molecule has 2 aromatic rings. The summed E-state index contributed by atoms with van der Waals surface area (Å²) in [6.45, 7) is 2.80. The Labute approximate surface area is 155 Å². The minimum absolute atomic E-state index is 0.430. The van der Waals surface area contributed by atoms with Crippen molar-refractivity contribution in [2.45, 2.75) is 31.8 Å². The molecule has 26 heavy (non-hydrogen) atoms. The van der Waals surface area contributed by atoms with Crippen molar-refractivity contribution in [3.8, 4) is 5.75 Å². The van der Waals surface area contributed by atoms with E-state index in [1.54, 1.807) is 7.11 Å². The summed E-state index contributed by atoms with van der Waals surface area (Å²) < 4.78 is 5.34. The molecule has 0 aromatic heterocycles. The highest BCUT2D eigenvalue weighted by Gasteiger charge is 2.22. The van der Waals surface area contributed by atoms with Gasteiger partial charge in [-0.3, -0.25) is 9.89 Å². The highest BCUT2D eigenvalue weighted by molar-refractivity contribution is 5.93. The standard InChI is InChI=1S/C21H28N4O/c1-26-20-13-6-5-12-19(20)24-21(22)23-15-18-11-7-8-14-25(18)16-17-9-3-2-4-10-17/h2-6,9-10,12-13,18H,7-8,11,14-16H2,1H3,(H3,22,23,24). The van der Waals surface area contributed by atoms with E-state index in [0.29, 0.717) is 18.5 Å². The molecule has 0 radical (unpaired) electrons. The first-order valence-electron chi connectivity index (χ1n) is 9.24. The number of nitrogens with one attached hydrogen (secondary N) is 1. The molecule has 138 valence electrons. The van der Waals surface area contributed by atoms with Gasteiger partial charge >= 0.3 is 0 Å². The number of nitrogens with zero attached hydrogens (tertiary/aromatic N) is 2. The second kappa shape index (κ2) is 9.25. The predicted octanol–water partition coefficient (Wildman–Crippen LogP) is 3.48. The number of benzene rings is 2. The number of hydrogen-bond acceptors (Lipinski definition) is 3. The molecule has 1 unspecified atom stereocenters. The predicted molar refractivity (Wildman–Crippen MR) is 108 cm³/mol.